The van der Waals surface area contributed by atoms with Gasteiger partial charge in [-0.2, -0.15) is 5.10 Å². The molecule has 0 spiro atoms. The number of anilines is 2. The highest BCUT2D eigenvalue weighted by molar-refractivity contribution is 6.06. The molecule has 2 N–H and O–H groups in total. The van der Waals surface area contributed by atoms with E-state index in [4.69, 9.17) is 0 Å². The first-order valence-electron chi connectivity index (χ1n) is 8.38. The molecule has 0 aliphatic carbocycles. The largest absolute Gasteiger partial charge is 0.322 e. The molecular formula is C20H20N4O2. The van der Waals surface area contributed by atoms with E-state index in [1.165, 1.54) is 0 Å². The molecule has 0 fully saturated rings. The molecule has 0 unspecified atom stereocenters. The lowest BCUT2D eigenvalue weighted by Gasteiger charge is -2.10. The lowest BCUT2D eigenvalue weighted by molar-refractivity contribution is 0.101. The number of carbonyl (C=O) groups is 2. The van der Waals surface area contributed by atoms with Gasteiger partial charge < -0.3 is 10.6 Å². The number of aromatic nitrogens is 2. The van der Waals surface area contributed by atoms with Crippen LogP contribution in [0.5, 0.6) is 0 Å². The van der Waals surface area contributed by atoms with Crippen molar-refractivity contribution in [3.05, 3.63) is 77.6 Å². The molecule has 2 aromatic carbocycles. The molecule has 26 heavy (non-hydrogen) atoms. The van der Waals surface area contributed by atoms with Crippen molar-refractivity contribution in [3.8, 4) is 0 Å². The highest BCUT2D eigenvalue weighted by atomic mass is 16.2. The lowest BCUT2D eigenvalue weighted by Crippen LogP contribution is -2.17. The molecular weight excluding hydrogens is 328 g/mol. The molecule has 3 aromatic rings. The second-order valence-electron chi connectivity index (χ2n) is 5.89. The molecule has 0 saturated heterocycles. The monoisotopic (exact) mass is 348 g/mol. The van der Waals surface area contributed by atoms with Crippen LogP contribution in [0.15, 0.2) is 60.8 Å². The van der Waals surface area contributed by atoms with Gasteiger partial charge in [-0.15, -0.1) is 0 Å². The van der Waals surface area contributed by atoms with Gasteiger partial charge >= 0.3 is 0 Å². The van der Waals surface area contributed by atoms with E-state index in [9.17, 15) is 9.59 Å². The fraction of sp³-hybridized carbons (Fsp3) is 0.150. The number of hydrogen-bond donors (Lipinski definition) is 2. The second kappa shape index (κ2) is 7.65. The average molecular weight is 348 g/mol. The Hall–Kier alpha value is -3.41. The molecule has 132 valence electrons. The van der Waals surface area contributed by atoms with Crippen LogP contribution in [-0.2, 0) is 6.54 Å². The maximum absolute atomic E-state index is 12.4. The van der Waals surface area contributed by atoms with Gasteiger partial charge in [0.05, 0.1) is 0 Å². The molecule has 0 aliphatic rings. The van der Waals surface area contributed by atoms with Gasteiger partial charge in [0.25, 0.3) is 11.8 Å². The van der Waals surface area contributed by atoms with Crippen LogP contribution in [-0.4, -0.2) is 21.6 Å². The van der Waals surface area contributed by atoms with Crippen LogP contribution in [0.1, 0.15) is 33.3 Å². The Bertz CT molecular complexity index is 946. The van der Waals surface area contributed by atoms with Crippen molar-refractivity contribution in [2.75, 3.05) is 10.6 Å². The third-order valence-electron chi connectivity index (χ3n) is 3.91. The first-order chi connectivity index (χ1) is 12.6. The number of nitrogens with zero attached hydrogens (tertiary/aromatic N) is 2. The normalized spacial score (nSPS) is 10.4. The van der Waals surface area contributed by atoms with E-state index in [-0.39, 0.29) is 11.8 Å². The van der Waals surface area contributed by atoms with Crippen LogP contribution >= 0.6 is 0 Å². The SMILES string of the molecule is CCn1nccc1C(=O)Nc1cccc(NC(=O)c2cccc(C)c2)c1. The second-order valence-corrected chi connectivity index (χ2v) is 5.89. The van der Waals surface area contributed by atoms with Crippen molar-refractivity contribution in [1.82, 2.24) is 9.78 Å². The topological polar surface area (TPSA) is 76.0 Å². The van der Waals surface area contributed by atoms with Gasteiger partial charge in [-0.25, -0.2) is 0 Å². The smallest absolute Gasteiger partial charge is 0.273 e. The Balaban J connectivity index is 1.72. The van der Waals surface area contributed by atoms with Crippen LogP contribution in [0.3, 0.4) is 0 Å². The van der Waals surface area contributed by atoms with Crippen molar-refractivity contribution in [2.45, 2.75) is 20.4 Å². The number of rotatable bonds is 5. The van der Waals surface area contributed by atoms with Crippen molar-refractivity contribution >= 4 is 23.2 Å². The number of amides is 2. The summed E-state index contributed by atoms with van der Waals surface area (Å²) in [5.41, 5.74) is 3.30. The summed E-state index contributed by atoms with van der Waals surface area (Å²) < 4.78 is 1.62. The van der Waals surface area contributed by atoms with E-state index in [2.05, 4.69) is 15.7 Å². The summed E-state index contributed by atoms with van der Waals surface area (Å²) in [4.78, 5) is 24.7. The van der Waals surface area contributed by atoms with Crippen molar-refractivity contribution < 1.29 is 9.59 Å². The molecule has 6 nitrogen and oxygen atoms in total. The minimum atomic E-state index is -0.244. The molecule has 2 amide bonds. The molecule has 3 rings (SSSR count). The van der Waals surface area contributed by atoms with Gasteiger partial charge in [-0.1, -0.05) is 23.8 Å². The molecule has 0 aliphatic heterocycles. The predicted octanol–water partition coefficient (Wildman–Crippen LogP) is 3.72. The predicted molar refractivity (Wildman–Crippen MR) is 101 cm³/mol. The van der Waals surface area contributed by atoms with E-state index < -0.39 is 0 Å². The number of nitrogens with one attached hydrogen (secondary N) is 2. The number of carbonyl (C=O) groups excluding carboxylic acids is 2. The van der Waals surface area contributed by atoms with Crippen molar-refractivity contribution in [2.24, 2.45) is 0 Å². The summed E-state index contributed by atoms with van der Waals surface area (Å²) in [5.74, 6) is -0.437. The third-order valence-corrected chi connectivity index (χ3v) is 3.91. The summed E-state index contributed by atoms with van der Waals surface area (Å²) in [6.45, 7) is 4.47. The first kappa shape index (κ1) is 17.4. The zero-order valence-corrected chi connectivity index (χ0v) is 14.7. The molecule has 1 aromatic heterocycles. The lowest BCUT2D eigenvalue weighted by atomic mass is 10.1. The number of benzene rings is 2. The fourth-order valence-corrected chi connectivity index (χ4v) is 2.64. The quantitative estimate of drug-likeness (QED) is 0.738. The summed E-state index contributed by atoms with van der Waals surface area (Å²) in [7, 11) is 0. The Morgan fingerprint density at radius 3 is 2.35 bits per heavy atom. The molecule has 0 bridgehead atoms. The van der Waals surface area contributed by atoms with Crippen LogP contribution in [0, 0.1) is 6.92 Å². The minimum absolute atomic E-state index is 0.193. The third kappa shape index (κ3) is 3.97. The molecule has 0 atom stereocenters. The van der Waals surface area contributed by atoms with Crippen LogP contribution < -0.4 is 10.6 Å². The molecule has 6 heteroatoms. The minimum Gasteiger partial charge on any atom is -0.322 e. The standard InChI is InChI=1S/C20H20N4O2/c1-3-24-18(10-11-21-24)20(26)23-17-9-5-8-16(13-17)22-19(25)15-7-4-6-14(2)12-15/h4-13H,3H2,1-2H3,(H,22,25)(H,23,26). The summed E-state index contributed by atoms with van der Waals surface area (Å²) in [5, 5.41) is 9.77. The van der Waals surface area contributed by atoms with E-state index in [1.807, 2.05) is 32.0 Å². The fourth-order valence-electron chi connectivity index (χ4n) is 2.64. The first-order valence-corrected chi connectivity index (χ1v) is 8.38. The van der Waals surface area contributed by atoms with Gasteiger partial charge in [0, 0.05) is 29.7 Å². The zero-order valence-electron chi connectivity index (χ0n) is 14.7. The Labute approximate surface area is 151 Å². The van der Waals surface area contributed by atoms with Crippen LogP contribution in [0.2, 0.25) is 0 Å². The number of aryl methyl sites for hydroxylation is 2. The molecule has 0 radical (unpaired) electrons. The van der Waals surface area contributed by atoms with E-state index >= 15 is 0 Å². The Morgan fingerprint density at radius 2 is 1.65 bits per heavy atom. The van der Waals surface area contributed by atoms with E-state index in [0.717, 1.165) is 5.56 Å². The van der Waals surface area contributed by atoms with Gasteiger partial charge in [-0.05, 0) is 50.2 Å². The van der Waals surface area contributed by atoms with E-state index in [0.29, 0.717) is 29.2 Å². The zero-order chi connectivity index (χ0) is 18.5. The summed E-state index contributed by atoms with van der Waals surface area (Å²) >= 11 is 0. The molecule has 0 saturated carbocycles. The highest BCUT2D eigenvalue weighted by Crippen LogP contribution is 2.17. The van der Waals surface area contributed by atoms with Crippen LogP contribution in [0.25, 0.3) is 0 Å². The maximum Gasteiger partial charge on any atom is 0.273 e. The summed E-state index contributed by atoms with van der Waals surface area (Å²) in [6.07, 6.45) is 1.59. The van der Waals surface area contributed by atoms with Gasteiger partial charge in [0.1, 0.15) is 5.69 Å². The highest BCUT2D eigenvalue weighted by Gasteiger charge is 2.12. The van der Waals surface area contributed by atoms with Gasteiger partial charge in [0.2, 0.25) is 0 Å². The van der Waals surface area contributed by atoms with Crippen molar-refractivity contribution in [1.29, 1.82) is 0 Å². The van der Waals surface area contributed by atoms with Gasteiger partial charge in [-0.3, -0.25) is 14.3 Å². The molecule has 1 heterocycles. The van der Waals surface area contributed by atoms with E-state index in [1.54, 1.807) is 47.3 Å². The Morgan fingerprint density at radius 1 is 0.962 bits per heavy atom. The maximum atomic E-state index is 12.4. The number of hydrogen-bond acceptors (Lipinski definition) is 3. The summed E-state index contributed by atoms with van der Waals surface area (Å²) in [6, 6.07) is 16.1. The Kier molecular flexibility index (Phi) is 5.12. The van der Waals surface area contributed by atoms with Crippen LogP contribution in [0.4, 0.5) is 11.4 Å². The average Bonchev–Trinajstić information content (AvgIpc) is 3.11. The van der Waals surface area contributed by atoms with Gasteiger partial charge in [0.15, 0.2) is 0 Å². The van der Waals surface area contributed by atoms with Crippen molar-refractivity contribution in [3.63, 3.8) is 0 Å².